The van der Waals surface area contributed by atoms with Gasteiger partial charge in [0.2, 0.25) is 0 Å². The van der Waals surface area contributed by atoms with Crippen molar-refractivity contribution in [3.8, 4) is 11.3 Å². The Bertz CT molecular complexity index is 1070. The average molecular weight is 458 g/mol. The Kier molecular flexibility index (Phi) is 5.44. The summed E-state index contributed by atoms with van der Waals surface area (Å²) in [5.74, 6) is 1.54. The Hall–Kier alpha value is -2.08. The fourth-order valence-corrected chi connectivity index (χ4v) is 5.38. The van der Waals surface area contributed by atoms with Gasteiger partial charge in [-0.2, -0.15) is 0 Å². The molecule has 1 aliphatic carbocycles. The van der Waals surface area contributed by atoms with Crippen molar-refractivity contribution in [1.29, 1.82) is 0 Å². The summed E-state index contributed by atoms with van der Waals surface area (Å²) in [7, 11) is 0. The number of nitrogens with one attached hydrogen (secondary N) is 1. The second-order valence-electron chi connectivity index (χ2n) is 7.78. The van der Waals surface area contributed by atoms with Crippen LogP contribution in [0, 0.1) is 0 Å². The minimum absolute atomic E-state index is 0.0674. The van der Waals surface area contributed by atoms with Crippen LogP contribution < -0.4 is 5.32 Å². The molecule has 5 rings (SSSR count). The molecule has 1 aliphatic heterocycles. The summed E-state index contributed by atoms with van der Waals surface area (Å²) in [4.78, 5) is 6.92. The van der Waals surface area contributed by atoms with Gasteiger partial charge in [-0.1, -0.05) is 48.2 Å². The maximum absolute atomic E-state index is 6.43. The third-order valence-electron chi connectivity index (χ3n) is 5.99. The van der Waals surface area contributed by atoms with Crippen LogP contribution in [0.1, 0.15) is 49.2 Å². The van der Waals surface area contributed by atoms with E-state index in [0.717, 1.165) is 35.0 Å². The zero-order chi connectivity index (χ0) is 20.7. The third kappa shape index (κ3) is 3.49. The Morgan fingerprint density at radius 2 is 1.87 bits per heavy atom. The van der Waals surface area contributed by atoms with Crippen LogP contribution >= 0.6 is 35.4 Å². The number of hydrogen-bond donors (Lipinski definition) is 1. The van der Waals surface area contributed by atoms with Gasteiger partial charge in [0.05, 0.1) is 21.8 Å². The molecule has 3 heterocycles. The molecular weight excluding hydrogens is 437 g/mol. The molecule has 2 atom stereocenters. The summed E-state index contributed by atoms with van der Waals surface area (Å²) in [6.07, 6.45) is 6.55. The maximum atomic E-state index is 6.43. The monoisotopic (exact) mass is 457 g/mol. The molecule has 0 spiro atoms. The number of hydrogen-bond acceptors (Lipinski definition) is 3. The molecule has 2 aromatic heterocycles. The average Bonchev–Trinajstić information content (AvgIpc) is 3.50. The fraction of sp³-hybridized carbons (Fsp3) is 0.304. The largest absolute Gasteiger partial charge is 0.459 e. The number of thiocarbonyl (C=S) groups is 1. The smallest absolute Gasteiger partial charge is 0.170 e. The Labute approximate surface area is 191 Å². The summed E-state index contributed by atoms with van der Waals surface area (Å²) in [5.41, 5.74) is 1.73. The van der Waals surface area contributed by atoms with E-state index in [9.17, 15) is 0 Å². The quantitative estimate of drug-likeness (QED) is 0.448. The van der Waals surface area contributed by atoms with Crippen molar-refractivity contribution >= 4 is 40.5 Å². The van der Waals surface area contributed by atoms with Crippen LogP contribution in [0.25, 0.3) is 11.3 Å². The molecule has 154 valence electrons. The second-order valence-corrected chi connectivity index (χ2v) is 8.95. The van der Waals surface area contributed by atoms with Crippen molar-refractivity contribution in [3.05, 3.63) is 76.2 Å². The fourth-order valence-electron chi connectivity index (χ4n) is 4.60. The minimum Gasteiger partial charge on any atom is -0.459 e. The van der Waals surface area contributed by atoms with Crippen molar-refractivity contribution < 1.29 is 4.42 Å². The first-order chi connectivity index (χ1) is 14.6. The van der Waals surface area contributed by atoms with E-state index in [2.05, 4.69) is 15.2 Å². The molecule has 1 N–H and O–H groups in total. The van der Waals surface area contributed by atoms with Crippen LogP contribution in [0.4, 0.5) is 0 Å². The second kappa shape index (κ2) is 8.22. The lowest BCUT2D eigenvalue weighted by molar-refractivity contribution is 0.218. The number of furan rings is 1. The minimum atomic E-state index is -0.0758. The lowest BCUT2D eigenvalue weighted by Gasteiger charge is -2.31. The zero-order valence-electron chi connectivity index (χ0n) is 16.2. The molecule has 1 saturated heterocycles. The van der Waals surface area contributed by atoms with E-state index < -0.39 is 0 Å². The normalized spacial score (nSPS) is 21.9. The highest BCUT2D eigenvalue weighted by Gasteiger charge is 2.45. The predicted octanol–water partition coefficient (Wildman–Crippen LogP) is 6.56. The first-order valence-electron chi connectivity index (χ1n) is 10.2. The summed E-state index contributed by atoms with van der Waals surface area (Å²) >= 11 is 18.4. The first-order valence-corrected chi connectivity index (χ1v) is 11.3. The van der Waals surface area contributed by atoms with E-state index in [0.29, 0.717) is 21.8 Å². The van der Waals surface area contributed by atoms with Crippen LogP contribution in [-0.2, 0) is 0 Å². The van der Waals surface area contributed by atoms with Gasteiger partial charge in [0, 0.05) is 17.8 Å². The van der Waals surface area contributed by atoms with Crippen molar-refractivity contribution in [2.75, 3.05) is 0 Å². The van der Waals surface area contributed by atoms with Gasteiger partial charge in [-0.3, -0.25) is 4.98 Å². The van der Waals surface area contributed by atoms with E-state index >= 15 is 0 Å². The number of nitrogens with zero attached hydrogens (tertiary/aromatic N) is 2. The Morgan fingerprint density at radius 3 is 2.63 bits per heavy atom. The number of halogens is 2. The Balaban J connectivity index is 1.57. The van der Waals surface area contributed by atoms with Gasteiger partial charge in [0.15, 0.2) is 5.11 Å². The molecule has 1 aromatic carbocycles. The molecule has 0 bridgehead atoms. The number of rotatable bonds is 4. The van der Waals surface area contributed by atoms with Gasteiger partial charge in [-0.05, 0) is 61.5 Å². The lowest BCUT2D eigenvalue weighted by Crippen LogP contribution is -2.37. The molecule has 2 fully saturated rings. The van der Waals surface area contributed by atoms with Crippen LogP contribution in [-0.4, -0.2) is 21.0 Å². The van der Waals surface area contributed by atoms with E-state index in [1.165, 1.54) is 12.8 Å². The van der Waals surface area contributed by atoms with Gasteiger partial charge in [0.1, 0.15) is 17.6 Å². The maximum Gasteiger partial charge on any atom is 0.170 e. The molecule has 1 saturated carbocycles. The van der Waals surface area contributed by atoms with Crippen molar-refractivity contribution in [2.45, 2.75) is 43.8 Å². The highest BCUT2D eigenvalue weighted by molar-refractivity contribution is 7.80. The third-order valence-corrected chi connectivity index (χ3v) is 7.14. The molecular formula is C23H21Cl2N3OS. The van der Waals surface area contributed by atoms with E-state index in [4.69, 9.17) is 39.8 Å². The topological polar surface area (TPSA) is 41.3 Å². The van der Waals surface area contributed by atoms with E-state index in [1.807, 2.05) is 48.7 Å². The van der Waals surface area contributed by atoms with Crippen LogP contribution in [0.2, 0.25) is 10.0 Å². The van der Waals surface area contributed by atoms with Gasteiger partial charge in [-0.25, -0.2) is 0 Å². The van der Waals surface area contributed by atoms with Crippen LogP contribution in [0.5, 0.6) is 0 Å². The summed E-state index contributed by atoms with van der Waals surface area (Å²) in [6, 6.07) is 15.8. The predicted molar refractivity (Wildman–Crippen MR) is 124 cm³/mol. The number of benzene rings is 1. The first kappa shape index (κ1) is 19.9. The van der Waals surface area contributed by atoms with Crippen LogP contribution in [0.15, 0.2) is 59.1 Å². The summed E-state index contributed by atoms with van der Waals surface area (Å²) < 4.78 is 6.37. The summed E-state index contributed by atoms with van der Waals surface area (Å²) in [5, 5.41) is 5.27. The van der Waals surface area contributed by atoms with Crippen molar-refractivity contribution in [3.63, 3.8) is 0 Å². The Morgan fingerprint density at radius 1 is 1.03 bits per heavy atom. The van der Waals surface area contributed by atoms with Gasteiger partial charge in [0.25, 0.3) is 0 Å². The van der Waals surface area contributed by atoms with Gasteiger partial charge >= 0.3 is 0 Å². The molecule has 4 nitrogen and oxygen atoms in total. The zero-order valence-corrected chi connectivity index (χ0v) is 18.6. The van der Waals surface area contributed by atoms with E-state index in [-0.39, 0.29) is 12.1 Å². The van der Waals surface area contributed by atoms with Crippen molar-refractivity contribution in [2.24, 2.45) is 0 Å². The molecule has 0 amide bonds. The SMILES string of the molecule is S=C1N[C@H](c2ccccn2)[C@@H](c2ccc(-c3cccc(Cl)c3Cl)o2)N1C1CCCC1. The molecule has 0 radical (unpaired) electrons. The molecule has 30 heavy (non-hydrogen) atoms. The molecule has 7 heteroatoms. The highest BCUT2D eigenvalue weighted by atomic mass is 35.5. The van der Waals surface area contributed by atoms with Crippen molar-refractivity contribution in [1.82, 2.24) is 15.2 Å². The summed E-state index contributed by atoms with van der Waals surface area (Å²) in [6.45, 7) is 0. The standard InChI is InChI=1S/C23H21Cl2N3OS/c24-16-9-5-8-15(20(16)25)18-11-12-19(29-18)22-21(17-10-3-4-13-26-17)27-23(30)28(22)14-6-1-2-7-14/h3-5,8-14,21-22H,1-2,6-7H2,(H,27,30)/t21-,22-/m1/s1. The highest BCUT2D eigenvalue weighted by Crippen LogP contribution is 2.44. The van der Waals surface area contributed by atoms with E-state index in [1.54, 1.807) is 6.07 Å². The number of aromatic nitrogens is 1. The van der Waals surface area contributed by atoms with Crippen LogP contribution in [0.3, 0.4) is 0 Å². The number of pyridine rings is 1. The van der Waals surface area contributed by atoms with Gasteiger partial charge < -0.3 is 14.6 Å². The van der Waals surface area contributed by atoms with Gasteiger partial charge in [-0.15, -0.1) is 0 Å². The molecule has 2 aliphatic rings. The molecule has 3 aromatic rings. The molecule has 0 unspecified atom stereocenters. The lowest BCUT2D eigenvalue weighted by atomic mass is 10.0.